The molecule has 1 atom stereocenters. The molecule has 96 valence electrons. The third-order valence-corrected chi connectivity index (χ3v) is 2.76. The van der Waals surface area contributed by atoms with Gasteiger partial charge in [-0.15, -0.1) is 0 Å². The number of methoxy groups -OCH3 is 1. The first-order valence-electron chi connectivity index (χ1n) is 5.51. The summed E-state index contributed by atoms with van der Waals surface area (Å²) in [7, 11) is 1.49. The second kappa shape index (κ2) is 4.78. The van der Waals surface area contributed by atoms with E-state index in [1.165, 1.54) is 19.2 Å². The Morgan fingerprint density at radius 1 is 1.33 bits per heavy atom. The number of aromatic nitrogens is 1. The molecular weight excluding hydrogens is 238 g/mol. The maximum Gasteiger partial charge on any atom is 0.149 e. The van der Waals surface area contributed by atoms with E-state index in [0.29, 0.717) is 11.4 Å². The van der Waals surface area contributed by atoms with Crippen molar-refractivity contribution >= 4 is 0 Å². The minimum absolute atomic E-state index is 0.242. The van der Waals surface area contributed by atoms with Gasteiger partial charge in [0.25, 0.3) is 0 Å². The van der Waals surface area contributed by atoms with Gasteiger partial charge in [-0.25, -0.2) is 8.78 Å². The maximum atomic E-state index is 13.7. The molecule has 1 aromatic carbocycles. The summed E-state index contributed by atoms with van der Waals surface area (Å²) in [6.45, 7) is 1.80. The summed E-state index contributed by atoms with van der Waals surface area (Å²) in [6, 6.07) is 3.16. The highest BCUT2D eigenvalue weighted by atomic mass is 19.1. The summed E-state index contributed by atoms with van der Waals surface area (Å²) in [4.78, 5) is 2.92. The fourth-order valence-corrected chi connectivity index (χ4v) is 1.88. The van der Waals surface area contributed by atoms with E-state index in [-0.39, 0.29) is 11.6 Å². The van der Waals surface area contributed by atoms with Crippen molar-refractivity contribution in [3.05, 3.63) is 41.6 Å². The monoisotopic (exact) mass is 252 g/mol. The van der Waals surface area contributed by atoms with E-state index in [9.17, 15) is 8.78 Å². The van der Waals surface area contributed by atoms with Crippen LogP contribution in [0.3, 0.4) is 0 Å². The van der Waals surface area contributed by atoms with Crippen molar-refractivity contribution in [3.8, 4) is 17.0 Å². The summed E-state index contributed by atoms with van der Waals surface area (Å²) in [5.74, 6) is -0.781. The van der Waals surface area contributed by atoms with Crippen LogP contribution in [0.5, 0.6) is 5.75 Å². The Labute approximate surface area is 104 Å². The highest BCUT2D eigenvalue weighted by molar-refractivity contribution is 5.69. The van der Waals surface area contributed by atoms with Crippen LogP contribution < -0.4 is 10.5 Å². The molecule has 0 aliphatic rings. The van der Waals surface area contributed by atoms with Gasteiger partial charge in [-0.05, 0) is 19.1 Å². The van der Waals surface area contributed by atoms with Crippen LogP contribution in [0.2, 0.25) is 0 Å². The molecule has 2 aromatic rings. The normalized spacial score (nSPS) is 12.5. The molecule has 18 heavy (non-hydrogen) atoms. The van der Waals surface area contributed by atoms with Crippen LogP contribution in [-0.4, -0.2) is 12.1 Å². The molecule has 3 nitrogen and oxygen atoms in total. The Hall–Kier alpha value is -1.88. The van der Waals surface area contributed by atoms with Crippen molar-refractivity contribution in [1.82, 2.24) is 4.98 Å². The number of hydrogen-bond donors (Lipinski definition) is 2. The second-order valence-electron chi connectivity index (χ2n) is 4.07. The summed E-state index contributed by atoms with van der Waals surface area (Å²) in [6.07, 6.45) is 1.67. The topological polar surface area (TPSA) is 51.0 Å². The van der Waals surface area contributed by atoms with Gasteiger partial charge in [0.2, 0.25) is 0 Å². The summed E-state index contributed by atoms with van der Waals surface area (Å²) < 4.78 is 31.8. The van der Waals surface area contributed by atoms with Gasteiger partial charge < -0.3 is 15.5 Å². The number of H-pyrrole nitrogens is 1. The van der Waals surface area contributed by atoms with E-state index in [1.54, 1.807) is 13.1 Å². The highest BCUT2D eigenvalue weighted by Crippen LogP contribution is 2.36. The lowest BCUT2D eigenvalue weighted by atomic mass is 10.1. The van der Waals surface area contributed by atoms with Crippen molar-refractivity contribution in [2.45, 2.75) is 13.0 Å². The second-order valence-corrected chi connectivity index (χ2v) is 4.07. The standard InChI is InChI=1S/C13H14F2N2O/c1-7(16)10-6-17-12(13(10)18-2)9-4-3-8(14)5-11(9)15/h3-7,17H,16H2,1-2H3. The van der Waals surface area contributed by atoms with E-state index in [2.05, 4.69) is 4.98 Å². The van der Waals surface area contributed by atoms with Crippen LogP contribution in [0, 0.1) is 11.6 Å². The SMILES string of the molecule is COc1c(C(C)N)c[nH]c1-c1ccc(F)cc1F. The Morgan fingerprint density at radius 3 is 2.61 bits per heavy atom. The van der Waals surface area contributed by atoms with Crippen LogP contribution in [0.25, 0.3) is 11.3 Å². The molecule has 0 aliphatic heterocycles. The van der Waals surface area contributed by atoms with Gasteiger partial charge in [0, 0.05) is 29.4 Å². The molecule has 1 aromatic heterocycles. The van der Waals surface area contributed by atoms with E-state index in [0.717, 1.165) is 11.6 Å². The molecule has 1 heterocycles. The maximum absolute atomic E-state index is 13.7. The smallest absolute Gasteiger partial charge is 0.149 e. The lowest BCUT2D eigenvalue weighted by molar-refractivity contribution is 0.409. The number of nitrogens with two attached hydrogens (primary N) is 1. The summed E-state index contributed by atoms with van der Waals surface area (Å²) >= 11 is 0. The lowest BCUT2D eigenvalue weighted by Gasteiger charge is -2.09. The Balaban J connectivity index is 2.57. The molecule has 1 unspecified atom stereocenters. The van der Waals surface area contributed by atoms with E-state index in [4.69, 9.17) is 10.5 Å². The number of hydrogen-bond acceptors (Lipinski definition) is 2. The van der Waals surface area contributed by atoms with Crippen molar-refractivity contribution in [2.24, 2.45) is 5.73 Å². The van der Waals surface area contributed by atoms with Crippen LogP contribution in [0.4, 0.5) is 8.78 Å². The fraction of sp³-hybridized carbons (Fsp3) is 0.231. The Kier molecular flexibility index (Phi) is 3.34. The van der Waals surface area contributed by atoms with Crippen LogP contribution >= 0.6 is 0 Å². The quantitative estimate of drug-likeness (QED) is 0.882. The lowest BCUT2D eigenvalue weighted by Crippen LogP contribution is -2.05. The zero-order valence-electron chi connectivity index (χ0n) is 10.1. The Morgan fingerprint density at radius 2 is 2.06 bits per heavy atom. The minimum atomic E-state index is -0.647. The highest BCUT2D eigenvalue weighted by Gasteiger charge is 2.18. The predicted octanol–water partition coefficient (Wildman–Crippen LogP) is 2.99. The minimum Gasteiger partial charge on any atom is -0.494 e. The average molecular weight is 252 g/mol. The van der Waals surface area contributed by atoms with Gasteiger partial charge in [-0.3, -0.25) is 0 Å². The van der Waals surface area contributed by atoms with Crippen molar-refractivity contribution in [3.63, 3.8) is 0 Å². The molecule has 5 heteroatoms. The third kappa shape index (κ3) is 2.09. The number of aromatic amines is 1. The van der Waals surface area contributed by atoms with Gasteiger partial charge in [-0.2, -0.15) is 0 Å². The molecule has 0 saturated carbocycles. The first kappa shape index (κ1) is 12.6. The number of ether oxygens (including phenoxy) is 1. The van der Waals surface area contributed by atoms with Crippen LogP contribution in [0.15, 0.2) is 24.4 Å². The van der Waals surface area contributed by atoms with Crippen LogP contribution in [-0.2, 0) is 0 Å². The van der Waals surface area contributed by atoms with Gasteiger partial charge in [-0.1, -0.05) is 0 Å². The van der Waals surface area contributed by atoms with E-state index < -0.39 is 11.6 Å². The molecule has 3 N–H and O–H groups in total. The number of benzene rings is 1. The molecule has 0 spiro atoms. The molecule has 0 fully saturated rings. The molecule has 2 rings (SSSR count). The molecular formula is C13H14F2N2O. The largest absolute Gasteiger partial charge is 0.494 e. The summed E-state index contributed by atoms with van der Waals surface area (Å²) in [5, 5.41) is 0. The third-order valence-electron chi connectivity index (χ3n) is 2.76. The van der Waals surface area contributed by atoms with Crippen LogP contribution in [0.1, 0.15) is 18.5 Å². The summed E-state index contributed by atoms with van der Waals surface area (Å²) in [5.41, 5.74) is 7.25. The van der Waals surface area contributed by atoms with Gasteiger partial charge in [0.1, 0.15) is 17.4 Å². The molecule has 0 radical (unpaired) electrons. The number of nitrogens with one attached hydrogen (secondary N) is 1. The van der Waals surface area contributed by atoms with Gasteiger partial charge >= 0.3 is 0 Å². The fourth-order valence-electron chi connectivity index (χ4n) is 1.88. The Bertz CT molecular complexity index is 564. The van der Waals surface area contributed by atoms with Gasteiger partial charge in [0.05, 0.1) is 12.8 Å². The predicted molar refractivity (Wildman–Crippen MR) is 65.3 cm³/mol. The first-order chi connectivity index (χ1) is 8.54. The van der Waals surface area contributed by atoms with Gasteiger partial charge in [0.15, 0.2) is 0 Å². The molecule has 0 amide bonds. The molecule has 0 saturated heterocycles. The van der Waals surface area contributed by atoms with Crippen molar-refractivity contribution in [2.75, 3.05) is 7.11 Å². The van der Waals surface area contributed by atoms with Crippen molar-refractivity contribution < 1.29 is 13.5 Å². The zero-order valence-corrected chi connectivity index (χ0v) is 10.1. The average Bonchev–Trinajstić information content (AvgIpc) is 2.72. The van der Waals surface area contributed by atoms with Crippen molar-refractivity contribution in [1.29, 1.82) is 0 Å². The number of halogens is 2. The zero-order chi connectivity index (χ0) is 13.3. The van der Waals surface area contributed by atoms with E-state index >= 15 is 0 Å². The van der Waals surface area contributed by atoms with E-state index in [1.807, 2.05) is 0 Å². The first-order valence-corrected chi connectivity index (χ1v) is 5.51. The number of rotatable bonds is 3. The molecule has 0 aliphatic carbocycles. The molecule has 0 bridgehead atoms.